The zero-order valence-electron chi connectivity index (χ0n) is 14.9. The fourth-order valence-corrected chi connectivity index (χ4v) is 3.29. The lowest BCUT2D eigenvalue weighted by atomic mass is 9.99. The number of fused-ring (bicyclic) bond motifs is 1. The second-order valence-corrected chi connectivity index (χ2v) is 6.45. The van der Waals surface area contributed by atoms with Gasteiger partial charge in [-0.1, -0.05) is 0 Å². The van der Waals surface area contributed by atoms with E-state index in [4.69, 9.17) is 4.74 Å². The van der Waals surface area contributed by atoms with Gasteiger partial charge in [0.1, 0.15) is 0 Å². The fraction of sp³-hybridized carbons (Fsp3) is 0.562. The van der Waals surface area contributed by atoms with Gasteiger partial charge in [0.25, 0.3) is 5.91 Å². The highest BCUT2D eigenvalue weighted by molar-refractivity contribution is 5.94. The van der Waals surface area contributed by atoms with E-state index in [-0.39, 0.29) is 30.1 Å². The smallest absolute Gasteiger partial charge is 0.369 e. The van der Waals surface area contributed by atoms with Crippen LogP contribution in [0.1, 0.15) is 53.1 Å². The molecule has 0 fully saturated rings. The first-order chi connectivity index (χ1) is 12.1. The minimum absolute atomic E-state index is 0.0420. The molecule has 2 aromatic heterocycles. The number of nitrogens with zero attached hydrogens (tertiary/aromatic N) is 4. The first kappa shape index (κ1) is 18.4. The molecule has 0 radical (unpaired) electrons. The number of halogens is 3. The molecule has 0 bridgehead atoms. The van der Waals surface area contributed by atoms with Crippen LogP contribution < -0.4 is 5.32 Å². The highest BCUT2D eigenvalue weighted by Gasteiger charge is 2.35. The highest BCUT2D eigenvalue weighted by Crippen LogP contribution is 2.32. The molecule has 7 nitrogen and oxygen atoms in total. The summed E-state index contributed by atoms with van der Waals surface area (Å²) in [6.07, 6.45) is -4.19. The van der Waals surface area contributed by atoms with E-state index in [0.29, 0.717) is 6.42 Å². The van der Waals surface area contributed by atoms with Gasteiger partial charge in [-0.2, -0.15) is 23.4 Å². The van der Waals surface area contributed by atoms with Crippen molar-refractivity contribution in [2.45, 2.75) is 45.2 Å². The van der Waals surface area contributed by atoms with E-state index in [9.17, 15) is 18.0 Å². The number of aromatic nitrogens is 4. The Morgan fingerprint density at radius 3 is 2.62 bits per heavy atom. The largest absolute Gasteiger partial charge is 0.435 e. The van der Waals surface area contributed by atoms with Gasteiger partial charge in [-0.15, -0.1) is 0 Å². The number of ether oxygens (including phenoxy) is 1. The van der Waals surface area contributed by atoms with Crippen molar-refractivity contribution in [3.05, 3.63) is 34.4 Å². The van der Waals surface area contributed by atoms with Crippen molar-refractivity contribution in [3.63, 3.8) is 0 Å². The van der Waals surface area contributed by atoms with Gasteiger partial charge in [-0.3, -0.25) is 14.2 Å². The van der Waals surface area contributed by atoms with Gasteiger partial charge in [0, 0.05) is 26.1 Å². The van der Waals surface area contributed by atoms with Crippen LogP contribution in [0.4, 0.5) is 13.2 Å². The van der Waals surface area contributed by atoms with Gasteiger partial charge in [-0.25, -0.2) is 0 Å². The molecular weight excluding hydrogens is 351 g/mol. The molecule has 0 aromatic carbocycles. The van der Waals surface area contributed by atoms with Crippen molar-refractivity contribution < 1.29 is 22.7 Å². The summed E-state index contributed by atoms with van der Waals surface area (Å²) in [5.74, 6) is -0.432. The predicted molar refractivity (Wildman–Crippen MR) is 85.3 cm³/mol. The summed E-state index contributed by atoms with van der Waals surface area (Å²) < 4.78 is 46.6. The maximum Gasteiger partial charge on any atom is 0.435 e. The molecule has 26 heavy (non-hydrogen) atoms. The van der Waals surface area contributed by atoms with Crippen molar-refractivity contribution in [1.82, 2.24) is 24.9 Å². The van der Waals surface area contributed by atoms with Crippen molar-refractivity contribution in [1.29, 1.82) is 0 Å². The number of carbonyl (C=O) groups excluding carboxylic acids is 1. The number of nitrogens with one attached hydrogen (secondary N) is 1. The van der Waals surface area contributed by atoms with Crippen molar-refractivity contribution >= 4 is 5.91 Å². The Morgan fingerprint density at radius 2 is 2.00 bits per heavy atom. The normalized spacial score (nSPS) is 20.1. The number of hydrogen-bond donors (Lipinski definition) is 1. The molecule has 10 heteroatoms. The fourth-order valence-electron chi connectivity index (χ4n) is 3.29. The second-order valence-electron chi connectivity index (χ2n) is 6.45. The summed E-state index contributed by atoms with van der Waals surface area (Å²) in [5.41, 5.74) is 1.20. The monoisotopic (exact) mass is 371 g/mol. The molecule has 3 heterocycles. The van der Waals surface area contributed by atoms with Crippen LogP contribution in [-0.2, 0) is 38.0 Å². The maximum atomic E-state index is 12.7. The molecule has 1 N–H and O–H groups in total. The Bertz CT molecular complexity index is 840. The lowest BCUT2D eigenvalue weighted by Gasteiger charge is -2.26. The van der Waals surface area contributed by atoms with E-state index in [1.807, 2.05) is 13.8 Å². The van der Waals surface area contributed by atoms with E-state index in [2.05, 4.69) is 15.5 Å². The molecule has 3 rings (SSSR count). The molecule has 0 aliphatic carbocycles. The lowest BCUT2D eigenvalue weighted by Crippen LogP contribution is -2.28. The SMILES string of the molecule is C[C@@H]1Cc2c(C(=O)NCc3cc(C(F)(F)F)nn3C)nn(C)c2[C@H](C)O1. The molecule has 0 unspecified atom stereocenters. The molecule has 2 atom stereocenters. The minimum Gasteiger partial charge on any atom is -0.369 e. The van der Waals surface area contributed by atoms with E-state index in [1.165, 1.54) is 7.05 Å². The van der Waals surface area contributed by atoms with Crippen LogP contribution in [0.2, 0.25) is 0 Å². The van der Waals surface area contributed by atoms with Crippen LogP contribution in [0.5, 0.6) is 0 Å². The molecule has 1 aliphatic rings. The third-order valence-electron chi connectivity index (χ3n) is 4.42. The Balaban J connectivity index is 1.78. The van der Waals surface area contributed by atoms with Gasteiger partial charge in [0.15, 0.2) is 11.4 Å². The predicted octanol–water partition coefficient (Wildman–Crippen LogP) is 2.12. The summed E-state index contributed by atoms with van der Waals surface area (Å²) in [7, 11) is 3.14. The summed E-state index contributed by atoms with van der Waals surface area (Å²) in [4.78, 5) is 12.6. The van der Waals surface area contributed by atoms with Crippen molar-refractivity contribution in [2.24, 2.45) is 14.1 Å². The third kappa shape index (κ3) is 3.33. The molecule has 0 saturated carbocycles. The van der Waals surface area contributed by atoms with Crippen LogP contribution >= 0.6 is 0 Å². The van der Waals surface area contributed by atoms with Crippen molar-refractivity contribution in [2.75, 3.05) is 0 Å². The lowest BCUT2D eigenvalue weighted by molar-refractivity contribution is -0.141. The maximum absolute atomic E-state index is 12.7. The number of amides is 1. The third-order valence-corrected chi connectivity index (χ3v) is 4.42. The van der Waals surface area contributed by atoms with E-state index < -0.39 is 17.8 Å². The molecule has 1 amide bonds. The number of hydrogen-bond acceptors (Lipinski definition) is 4. The average molecular weight is 371 g/mol. The van der Waals surface area contributed by atoms with Gasteiger partial charge in [-0.05, 0) is 19.9 Å². The highest BCUT2D eigenvalue weighted by atomic mass is 19.4. The summed E-state index contributed by atoms with van der Waals surface area (Å²) in [6, 6.07) is 0.923. The molecular formula is C16H20F3N5O2. The zero-order valence-corrected chi connectivity index (χ0v) is 14.9. The zero-order chi connectivity index (χ0) is 19.2. The van der Waals surface area contributed by atoms with E-state index >= 15 is 0 Å². The van der Waals surface area contributed by atoms with E-state index in [1.54, 1.807) is 11.7 Å². The first-order valence-corrected chi connectivity index (χ1v) is 8.17. The molecule has 1 aliphatic heterocycles. The van der Waals surface area contributed by atoms with Gasteiger partial charge in [0.05, 0.1) is 30.1 Å². The molecule has 0 spiro atoms. The molecule has 0 saturated heterocycles. The van der Waals surface area contributed by atoms with E-state index in [0.717, 1.165) is 22.0 Å². The van der Waals surface area contributed by atoms with Crippen LogP contribution in [0.15, 0.2) is 6.07 Å². The summed E-state index contributed by atoms with van der Waals surface area (Å²) in [6.45, 7) is 3.74. The number of aryl methyl sites for hydroxylation is 2. The first-order valence-electron chi connectivity index (χ1n) is 8.17. The van der Waals surface area contributed by atoms with Gasteiger partial charge < -0.3 is 10.1 Å². The number of carbonyl (C=O) groups is 1. The Hall–Kier alpha value is -2.36. The second kappa shape index (κ2) is 6.42. The quantitative estimate of drug-likeness (QED) is 0.897. The van der Waals surface area contributed by atoms with Crippen LogP contribution in [-0.4, -0.2) is 31.6 Å². The number of alkyl halides is 3. The van der Waals surface area contributed by atoms with Crippen LogP contribution in [0.25, 0.3) is 0 Å². The average Bonchev–Trinajstić information content (AvgIpc) is 3.05. The standard InChI is InChI=1S/C16H20F3N5O2/c1-8-5-11-13(22-24(4)14(11)9(2)26-8)15(25)20-7-10-6-12(16(17,18)19)21-23(10)3/h6,8-9H,5,7H2,1-4H3,(H,20,25)/t8-,9+/m1/s1. The Morgan fingerprint density at radius 1 is 1.31 bits per heavy atom. The van der Waals surface area contributed by atoms with Crippen LogP contribution in [0.3, 0.4) is 0 Å². The molecule has 2 aromatic rings. The van der Waals surface area contributed by atoms with Gasteiger partial charge in [0.2, 0.25) is 0 Å². The Labute approximate surface area is 148 Å². The van der Waals surface area contributed by atoms with Crippen LogP contribution in [0, 0.1) is 0 Å². The molecule has 142 valence electrons. The minimum atomic E-state index is -4.52. The summed E-state index contributed by atoms with van der Waals surface area (Å²) >= 11 is 0. The topological polar surface area (TPSA) is 74.0 Å². The number of rotatable bonds is 3. The Kier molecular flexibility index (Phi) is 4.55. The summed E-state index contributed by atoms with van der Waals surface area (Å²) in [5, 5.41) is 10.3. The van der Waals surface area contributed by atoms with Gasteiger partial charge >= 0.3 is 6.18 Å². The van der Waals surface area contributed by atoms with Crippen molar-refractivity contribution in [3.8, 4) is 0 Å².